The van der Waals surface area contributed by atoms with Crippen LogP contribution in [0.15, 0.2) is 133 Å². The van der Waals surface area contributed by atoms with Gasteiger partial charge < -0.3 is 4.72 Å². The van der Waals surface area contributed by atoms with Crippen LogP contribution in [0.4, 0.5) is 11.4 Å². The molecule has 226 valence electrons. The topological polar surface area (TPSA) is 117 Å². The van der Waals surface area contributed by atoms with E-state index in [0.717, 1.165) is 22.9 Å². The van der Waals surface area contributed by atoms with Crippen LogP contribution in [0.1, 0.15) is 26.3 Å². The maximum absolute atomic E-state index is 12.7. The standard InChI is InChI=1S/C19H12N3O4S.C10H13.C5H5N.Pd/c23-22(24)15-8-10-16(11-9-15)27(25,26)21-17-5-1-3-13-6-7-14-4-2-12-20-19(14)18(13)17;1-10(2,3)9-7-5-4-6-8-9;1-2-4-6-5-3-1;/h1-12H;5-8H,1-3H3;1-5H;/q2*-1;;+2. The fraction of sp³-hybridized carbons (Fsp3) is 0.118. The number of hydrogen-bond acceptors (Lipinski definition) is 6. The Bertz CT molecular complexity index is 1890. The number of benzene rings is 4. The van der Waals surface area contributed by atoms with Gasteiger partial charge in [-0.2, -0.15) is 35.9 Å². The van der Waals surface area contributed by atoms with Crippen LogP contribution in [-0.2, 0) is 35.9 Å². The molecule has 0 amide bonds. The fourth-order valence-electron chi connectivity index (χ4n) is 4.09. The van der Waals surface area contributed by atoms with Gasteiger partial charge in [0.1, 0.15) is 10.0 Å². The first kappa shape index (κ1) is 34.0. The average molecular weight is 697 g/mol. The minimum atomic E-state index is -4.04. The Morgan fingerprint density at radius 3 is 1.95 bits per heavy atom. The number of rotatable bonds is 4. The van der Waals surface area contributed by atoms with Gasteiger partial charge in [0, 0.05) is 36.1 Å². The molecule has 0 aliphatic carbocycles. The van der Waals surface area contributed by atoms with Crippen molar-refractivity contribution in [3.63, 3.8) is 0 Å². The van der Waals surface area contributed by atoms with E-state index >= 15 is 0 Å². The third-order valence-corrected chi connectivity index (χ3v) is 7.61. The molecule has 0 spiro atoms. The van der Waals surface area contributed by atoms with Crippen molar-refractivity contribution in [3.8, 4) is 0 Å². The van der Waals surface area contributed by atoms with Crippen LogP contribution in [-0.4, -0.2) is 23.3 Å². The van der Waals surface area contributed by atoms with Gasteiger partial charge in [-0.25, -0.2) is 8.42 Å². The number of nitro benzene ring substituents is 1. The third-order valence-electron chi connectivity index (χ3n) is 6.31. The molecular formula is C34H30N4O4PdS. The Labute approximate surface area is 271 Å². The first-order chi connectivity index (χ1) is 20.6. The molecule has 4 aromatic carbocycles. The summed E-state index contributed by atoms with van der Waals surface area (Å²) in [5, 5.41) is 13.1. The number of hydrogen-bond donors (Lipinski definition) is 0. The molecule has 0 aliphatic heterocycles. The molecule has 2 heterocycles. The first-order valence-electron chi connectivity index (χ1n) is 13.4. The molecule has 0 aliphatic rings. The molecule has 0 atom stereocenters. The van der Waals surface area contributed by atoms with E-state index in [2.05, 4.69) is 53.7 Å². The molecular weight excluding hydrogens is 667 g/mol. The van der Waals surface area contributed by atoms with Crippen molar-refractivity contribution in [1.82, 2.24) is 9.97 Å². The van der Waals surface area contributed by atoms with Crippen LogP contribution in [0, 0.1) is 16.2 Å². The quantitative estimate of drug-likeness (QED) is 0.0599. The van der Waals surface area contributed by atoms with Gasteiger partial charge in [-0.1, -0.05) is 63.2 Å². The largest absolute Gasteiger partial charge is 2.00 e. The van der Waals surface area contributed by atoms with Crippen LogP contribution in [0.5, 0.6) is 0 Å². The fourth-order valence-corrected chi connectivity index (χ4v) is 5.09. The number of nitro groups is 1. The normalized spacial score (nSPS) is 10.8. The van der Waals surface area contributed by atoms with E-state index in [4.69, 9.17) is 0 Å². The van der Waals surface area contributed by atoms with Crippen molar-refractivity contribution in [2.24, 2.45) is 0 Å². The zero-order chi connectivity index (χ0) is 30.9. The monoisotopic (exact) mass is 696 g/mol. The SMILES string of the molecule is CC(C)(C)c1cc[c-]cc1.O=[N+]([O-])c1ccc(S(=O)(=O)[N-]c2cccc3ccc4cccnc4c23)cc1.[Pd+2].c1ccncc1. The Morgan fingerprint density at radius 1 is 0.773 bits per heavy atom. The van der Waals surface area contributed by atoms with Gasteiger partial charge in [-0.05, 0) is 46.5 Å². The summed E-state index contributed by atoms with van der Waals surface area (Å²) < 4.78 is 29.4. The van der Waals surface area contributed by atoms with E-state index in [-0.39, 0.29) is 42.1 Å². The smallest absolute Gasteiger partial charge is 0.572 e. The Balaban J connectivity index is 0.000000255. The van der Waals surface area contributed by atoms with E-state index in [1.54, 1.807) is 30.7 Å². The Kier molecular flexibility index (Phi) is 11.8. The van der Waals surface area contributed by atoms with E-state index in [1.807, 2.05) is 60.7 Å². The zero-order valence-electron chi connectivity index (χ0n) is 24.3. The van der Waals surface area contributed by atoms with Crippen molar-refractivity contribution < 1.29 is 33.8 Å². The molecule has 10 heteroatoms. The molecule has 6 aromatic rings. The molecule has 0 bridgehead atoms. The van der Waals surface area contributed by atoms with Gasteiger partial charge in [0.2, 0.25) is 0 Å². The van der Waals surface area contributed by atoms with E-state index < -0.39 is 14.9 Å². The molecule has 0 fully saturated rings. The molecule has 2 aromatic heterocycles. The van der Waals surface area contributed by atoms with Gasteiger partial charge >= 0.3 is 20.4 Å². The molecule has 44 heavy (non-hydrogen) atoms. The average Bonchev–Trinajstić information content (AvgIpc) is 3.02. The van der Waals surface area contributed by atoms with Crippen LogP contribution in [0.2, 0.25) is 0 Å². The van der Waals surface area contributed by atoms with Crippen LogP contribution in [0.3, 0.4) is 0 Å². The molecule has 0 unspecified atom stereocenters. The maximum Gasteiger partial charge on any atom is 2.00 e. The first-order valence-corrected chi connectivity index (χ1v) is 14.8. The zero-order valence-corrected chi connectivity index (χ0v) is 26.6. The molecule has 0 saturated heterocycles. The van der Waals surface area contributed by atoms with Gasteiger partial charge in [0.15, 0.2) is 0 Å². The van der Waals surface area contributed by atoms with Gasteiger partial charge in [-0.3, -0.25) is 20.1 Å². The number of fused-ring (bicyclic) bond motifs is 3. The second-order valence-electron chi connectivity index (χ2n) is 10.4. The Morgan fingerprint density at radius 2 is 1.41 bits per heavy atom. The number of aromatic nitrogens is 2. The number of nitrogens with zero attached hydrogens (tertiary/aromatic N) is 4. The predicted octanol–water partition coefficient (Wildman–Crippen LogP) is 8.55. The summed E-state index contributed by atoms with van der Waals surface area (Å²) in [6.07, 6.45) is 5.14. The minimum absolute atomic E-state index is 0. The molecule has 0 radical (unpaired) electrons. The number of sulfonamides is 1. The number of non-ortho nitro benzene ring substituents is 1. The van der Waals surface area contributed by atoms with Crippen molar-refractivity contribution in [1.29, 1.82) is 0 Å². The summed E-state index contributed by atoms with van der Waals surface area (Å²) in [4.78, 5) is 18.2. The minimum Gasteiger partial charge on any atom is -0.572 e. The van der Waals surface area contributed by atoms with Gasteiger partial charge in [0.25, 0.3) is 5.69 Å². The second kappa shape index (κ2) is 15.3. The third kappa shape index (κ3) is 9.01. The molecule has 6 rings (SSSR count). The summed E-state index contributed by atoms with van der Waals surface area (Å²) in [7, 11) is -4.04. The van der Waals surface area contributed by atoms with Crippen LogP contribution < -0.4 is 0 Å². The van der Waals surface area contributed by atoms with Crippen molar-refractivity contribution in [3.05, 3.63) is 154 Å². The maximum atomic E-state index is 12.7. The molecule has 0 saturated carbocycles. The van der Waals surface area contributed by atoms with Crippen LogP contribution in [0.25, 0.3) is 26.4 Å². The molecule has 0 N–H and O–H groups in total. The summed E-state index contributed by atoms with van der Waals surface area (Å²) in [6.45, 7) is 6.63. The van der Waals surface area contributed by atoms with Crippen LogP contribution >= 0.6 is 0 Å². The van der Waals surface area contributed by atoms with Crippen molar-refractivity contribution in [2.45, 2.75) is 31.1 Å². The Hall–Kier alpha value is -4.49. The van der Waals surface area contributed by atoms with E-state index in [9.17, 15) is 18.5 Å². The van der Waals surface area contributed by atoms with Crippen molar-refractivity contribution >= 4 is 43.1 Å². The summed E-state index contributed by atoms with van der Waals surface area (Å²) >= 11 is 0. The summed E-state index contributed by atoms with van der Waals surface area (Å²) in [5.41, 5.74) is 2.39. The predicted molar refractivity (Wildman–Crippen MR) is 171 cm³/mol. The number of pyridine rings is 2. The van der Waals surface area contributed by atoms with E-state index in [0.29, 0.717) is 10.9 Å². The van der Waals surface area contributed by atoms with E-state index in [1.165, 1.54) is 17.7 Å². The molecule has 8 nitrogen and oxygen atoms in total. The van der Waals surface area contributed by atoms with Gasteiger partial charge in [-0.15, -0.1) is 5.69 Å². The van der Waals surface area contributed by atoms with Gasteiger partial charge in [0.05, 0.1) is 15.3 Å². The van der Waals surface area contributed by atoms with Crippen molar-refractivity contribution in [2.75, 3.05) is 0 Å². The summed E-state index contributed by atoms with van der Waals surface area (Å²) in [6, 6.07) is 34.2. The second-order valence-corrected chi connectivity index (χ2v) is 12.0. The summed E-state index contributed by atoms with van der Waals surface area (Å²) in [5.74, 6) is 0.